The van der Waals surface area contributed by atoms with Crippen LogP contribution in [0.15, 0.2) is 99.8 Å². The maximum absolute atomic E-state index is 6.42. The van der Waals surface area contributed by atoms with Crippen molar-refractivity contribution in [2.75, 3.05) is 0 Å². The van der Waals surface area contributed by atoms with Crippen LogP contribution in [-0.4, -0.2) is 4.40 Å². The van der Waals surface area contributed by atoms with Gasteiger partial charge in [0.05, 0.1) is 27.3 Å². The molecule has 9 aromatic rings. The second kappa shape index (κ2) is 5.28. The highest BCUT2D eigenvalue weighted by molar-refractivity contribution is 6.32. The van der Waals surface area contributed by atoms with E-state index in [1.165, 1.54) is 38.1 Å². The topological polar surface area (TPSA) is 30.7 Å². The van der Waals surface area contributed by atoms with Gasteiger partial charge in [-0.05, 0) is 36.4 Å². The fourth-order valence-corrected chi connectivity index (χ4v) is 6.01. The van der Waals surface area contributed by atoms with E-state index < -0.39 is 0 Å². The van der Waals surface area contributed by atoms with Crippen LogP contribution in [0.2, 0.25) is 0 Å². The van der Waals surface area contributed by atoms with E-state index in [9.17, 15) is 0 Å². The zero-order valence-corrected chi connectivity index (χ0v) is 17.4. The van der Waals surface area contributed by atoms with Crippen molar-refractivity contribution in [3.05, 3.63) is 91.0 Å². The molecule has 0 spiro atoms. The standard InChI is InChI=1S/C30H15NO2/c1-3-10-24-16(6-1)18-12-14-22-26(29(18)32-24)20-8-5-9-21-27-23(31(22)28(20)21)15-13-19-17-7-2-4-11-25(17)33-30(19)27/h1-15H. The Kier molecular flexibility index (Phi) is 2.59. The first kappa shape index (κ1) is 16.2. The molecular formula is C30H15NO2. The molecule has 0 bridgehead atoms. The van der Waals surface area contributed by atoms with Gasteiger partial charge in [0.2, 0.25) is 0 Å². The number of aromatic nitrogens is 1. The van der Waals surface area contributed by atoms with Gasteiger partial charge < -0.3 is 13.2 Å². The first-order chi connectivity index (χ1) is 16.4. The molecule has 4 heterocycles. The Balaban J connectivity index is 1.58. The third-order valence-corrected chi connectivity index (χ3v) is 7.33. The van der Waals surface area contributed by atoms with E-state index in [2.05, 4.69) is 71.1 Å². The number of nitrogens with zero attached hydrogens (tertiary/aromatic N) is 1. The second-order valence-electron chi connectivity index (χ2n) is 8.91. The molecule has 0 saturated carbocycles. The average molecular weight is 421 g/mol. The second-order valence-corrected chi connectivity index (χ2v) is 8.91. The van der Waals surface area contributed by atoms with E-state index in [4.69, 9.17) is 8.83 Å². The average Bonchev–Trinajstić information content (AvgIpc) is 3.59. The van der Waals surface area contributed by atoms with Crippen molar-refractivity contribution in [1.82, 2.24) is 4.40 Å². The monoisotopic (exact) mass is 421 g/mol. The van der Waals surface area contributed by atoms with Gasteiger partial charge in [-0.3, -0.25) is 0 Å². The molecule has 3 nitrogen and oxygen atoms in total. The van der Waals surface area contributed by atoms with Crippen LogP contribution in [0.25, 0.3) is 82.0 Å². The first-order valence-corrected chi connectivity index (χ1v) is 11.2. The minimum atomic E-state index is 0.929. The lowest BCUT2D eigenvalue weighted by Crippen LogP contribution is -1.80. The van der Waals surface area contributed by atoms with Crippen molar-refractivity contribution in [3.63, 3.8) is 0 Å². The van der Waals surface area contributed by atoms with E-state index in [0.717, 1.165) is 43.9 Å². The maximum Gasteiger partial charge on any atom is 0.145 e. The SMILES string of the molecule is c1ccc2c(c1)oc1c2ccc2c1c1cccc3c4c5oc6ccccc6c5ccc4n2c13. The Morgan fingerprint density at radius 1 is 0.424 bits per heavy atom. The summed E-state index contributed by atoms with van der Waals surface area (Å²) >= 11 is 0. The largest absolute Gasteiger partial charge is 0.455 e. The summed E-state index contributed by atoms with van der Waals surface area (Å²) in [4.78, 5) is 0. The van der Waals surface area contributed by atoms with Crippen molar-refractivity contribution in [2.45, 2.75) is 0 Å². The lowest BCUT2D eigenvalue weighted by atomic mass is 10.0. The maximum atomic E-state index is 6.42. The minimum Gasteiger partial charge on any atom is -0.455 e. The molecule has 0 radical (unpaired) electrons. The number of hydrogen-bond acceptors (Lipinski definition) is 2. The number of benzene rings is 5. The Morgan fingerprint density at radius 2 is 0.909 bits per heavy atom. The minimum absolute atomic E-state index is 0.929. The van der Waals surface area contributed by atoms with E-state index in [1.54, 1.807) is 0 Å². The molecule has 152 valence electrons. The summed E-state index contributed by atoms with van der Waals surface area (Å²) in [5.41, 5.74) is 7.34. The quantitative estimate of drug-likeness (QED) is 0.245. The summed E-state index contributed by atoms with van der Waals surface area (Å²) in [7, 11) is 0. The van der Waals surface area contributed by atoms with Gasteiger partial charge in [-0.25, -0.2) is 0 Å². The molecular weight excluding hydrogens is 406 g/mol. The first-order valence-electron chi connectivity index (χ1n) is 11.2. The molecule has 3 heteroatoms. The van der Waals surface area contributed by atoms with Gasteiger partial charge in [-0.15, -0.1) is 0 Å². The molecule has 9 rings (SSSR count). The highest BCUT2D eigenvalue weighted by atomic mass is 16.3. The smallest absolute Gasteiger partial charge is 0.145 e. The molecule has 0 aliphatic rings. The van der Waals surface area contributed by atoms with Crippen LogP contribution in [0.3, 0.4) is 0 Å². The van der Waals surface area contributed by atoms with Gasteiger partial charge in [-0.1, -0.05) is 54.6 Å². The van der Waals surface area contributed by atoms with E-state index in [0.29, 0.717) is 0 Å². The molecule has 0 fully saturated rings. The van der Waals surface area contributed by atoms with Crippen molar-refractivity contribution >= 4 is 82.0 Å². The van der Waals surface area contributed by atoms with Crippen LogP contribution < -0.4 is 0 Å². The summed E-state index contributed by atoms with van der Waals surface area (Å²) in [5, 5.41) is 9.43. The fourth-order valence-electron chi connectivity index (χ4n) is 6.01. The Bertz CT molecular complexity index is 2080. The van der Waals surface area contributed by atoms with Gasteiger partial charge in [0.15, 0.2) is 0 Å². The highest BCUT2D eigenvalue weighted by Crippen LogP contribution is 2.46. The number of rotatable bonds is 0. The Morgan fingerprint density at radius 3 is 1.45 bits per heavy atom. The Labute approximate surface area is 186 Å². The molecule has 0 saturated heterocycles. The molecule has 0 aliphatic heterocycles. The van der Waals surface area contributed by atoms with Gasteiger partial charge >= 0.3 is 0 Å². The van der Waals surface area contributed by atoms with Gasteiger partial charge in [-0.2, -0.15) is 0 Å². The molecule has 0 atom stereocenters. The summed E-state index contributed by atoms with van der Waals surface area (Å²) in [6.45, 7) is 0. The predicted molar refractivity (Wildman–Crippen MR) is 136 cm³/mol. The summed E-state index contributed by atoms with van der Waals surface area (Å²) in [6.07, 6.45) is 0. The third-order valence-electron chi connectivity index (χ3n) is 7.33. The van der Waals surface area contributed by atoms with Crippen LogP contribution in [0.5, 0.6) is 0 Å². The van der Waals surface area contributed by atoms with Crippen LogP contribution in [0.1, 0.15) is 0 Å². The number of fused-ring (bicyclic) bond motifs is 14. The van der Waals surface area contributed by atoms with Crippen molar-refractivity contribution < 1.29 is 8.83 Å². The van der Waals surface area contributed by atoms with Crippen LogP contribution in [0, 0.1) is 0 Å². The molecule has 0 unspecified atom stereocenters. The predicted octanol–water partition coefficient (Wildman–Crippen LogP) is 8.64. The van der Waals surface area contributed by atoms with Gasteiger partial charge in [0, 0.05) is 32.3 Å². The van der Waals surface area contributed by atoms with Crippen LogP contribution in [-0.2, 0) is 0 Å². The molecule has 0 amide bonds. The van der Waals surface area contributed by atoms with E-state index >= 15 is 0 Å². The number of para-hydroxylation sites is 3. The highest BCUT2D eigenvalue weighted by Gasteiger charge is 2.23. The third kappa shape index (κ3) is 1.74. The molecule has 0 aliphatic carbocycles. The van der Waals surface area contributed by atoms with Crippen molar-refractivity contribution in [1.29, 1.82) is 0 Å². The molecule has 33 heavy (non-hydrogen) atoms. The van der Waals surface area contributed by atoms with Crippen molar-refractivity contribution in [2.24, 2.45) is 0 Å². The van der Waals surface area contributed by atoms with Crippen LogP contribution >= 0.6 is 0 Å². The van der Waals surface area contributed by atoms with Gasteiger partial charge in [0.25, 0.3) is 0 Å². The van der Waals surface area contributed by atoms with E-state index in [1.807, 2.05) is 24.3 Å². The normalized spacial score (nSPS) is 12.8. The number of furan rings is 2. The summed E-state index contributed by atoms with van der Waals surface area (Å²) in [6, 6.07) is 32.0. The number of hydrogen-bond donors (Lipinski definition) is 0. The van der Waals surface area contributed by atoms with Crippen LogP contribution in [0.4, 0.5) is 0 Å². The van der Waals surface area contributed by atoms with Gasteiger partial charge in [0.1, 0.15) is 22.3 Å². The zero-order valence-electron chi connectivity index (χ0n) is 17.4. The Hall–Kier alpha value is -4.50. The zero-order chi connectivity index (χ0) is 21.3. The van der Waals surface area contributed by atoms with E-state index in [-0.39, 0.29) is 0 Å². The molecule has 5 aromatic carbocycles. The fraction of sp³-hybridized carbons (Fsp3) is 0. The lowest BCUT2D eigenvalue weighted by molar-refractivity contribution is 0.672. The summed E-state index contributed by atoms with van der Waals surface area (Å²) in [5.74, 6) is 0. The van der Waals surface area contributed by atoms with Crippen molar-refractivity contribution in [3.8, 4) is 0 Å². The summed E-state index contributed by atoms with van der Waals surface area (Å²) < 4.78 is 15.2. The lowest BCUT2D eigenvalue weighted by Gasteiger charge is -1.99. The molecule has 4 aromatic heterocycles. The molecule has 0 N–H and O–H groups in total.